The number of carbonyl (C=O) groups is 2. The van der Waals surface area contributed by atoms with Gasteiger partial charge in [-0.1, -0.05) is 0 Å². The number of hydrogen-bond donors (Lipinski definition) is 2. The van der Waals surface area contributed by atoms with E-state index in [1.165, 1.54) is 11.3 Å². The number of thiazole rings is 1. The molecule has 0 bridgehead atoms. The first-order valence-electron chi connectivity index (χ1n) is 7.95. The van der Waals surface area contributed by atoms with Crippen molar-refractivity contribution in [2.75, 3.05) is 5.32 Å². The number of ether oxygens (including phenoxy) is 1. The molecule has 0 unspecified atom stereocenters. The molecule has 6 nitrogen and oxygen atoms in total. The van der Waals surface area contributed by atoms with Crippen molar-refractivity contribution in [2.45, 2.75) is 26.4 Å². The van der Waals surface area contributed by atoms with E-state index in [0.29, 0.717) is 5.69 Å². The molecular weight excluding hydrogens is 352 g/mol. The second kappa shape index (κ2) is 6.76. The maximum Gasteiger partial charge on any atom is 0.412 e. The minimum atomic E-state index is -0.959. The monoisotopic (exact) mass is 370 g/mol. The van der Waals surface area contributed by atoms with Gasteiger partial charge in [0.15, 0.2) is 0 Å². The third kappa shape index (κ3) is 4.18. The number of aromatic nitrogens is 1. The van der Waals surface area contributed by atoms with Gasteiger partial charge >= 0.3 is 12.1 Å². The molecular formula is C19H18N2O4S. The highest BCUT2D eigenvalue weighted by molar-refractivity contribution is 7.21. The fourth-order valence-electron chi connectivity index (χ4n) is 2.30. The van der Waals surface area contributed by atoms with Crippen LogP contribution in [0.25, 0.3) is 20.8 Å². The highest BCUT2D eigenvalue weighted by atomic mass is 32.1. The van der Waals surface area contributed by atoms with Crippen LogP contribution in [0.15, 0.2) is 42.5 Å². The highest BCUT2D eigenvalue weighted by Crippen LogP contribution is 2.31. The summed E-state index contributed by atoms with van der Waals surface area (Å²) in [7, 11) is 0. The Labute approximate surface area is 154 Å². The Bertz CT molecular complexity index is 971. The molecule has 2 N–H and O–H groups in total. The van der Waals surface area contributed by atoms with Crippen molar-refractivity contribution in [3.8, 4) is 10.6 Å². The average molecular weight is 370 g/mol. The molecule has 2 aromatic carbocycles. The number of carboxylic acid groups (broad SMARTS) is 1. The molecule has 1 heterocycles. The lowest BCUT2D eigenvalue weighted by molar-refractivity contribution is 0.0634. The van der Waals surface area contributed by atoms with Crippen molar-refractivity contribution in [3.05, 3.63) is 48.0 Å². The Kier molecular flexibility index (Phi) is 4.65. The topological polar surface area (TPSA) is 88.5 Å². The number of benzene rings is 2. The minimum Gasteiger partial charge on any atom is -0.478 e. The van der Waals surface area contributed by atoms with Crippen LogP contribution in [-0.2, 0) is 4.74 Å². The number of hydrogen-bond acceptors (Lipinski definition) is 5. The number of rotatable bonds is 3. The minimum absolute atomic E-state index is 0.240. The Morgan fingerprint density at radius 2 is 1.81 bits per heavy atom. The van der Waals surface area contributed by atoms with Crippen LogP contribution in [0.5, 0.6) is 0 Å². The summed E-state index contributed by atoms with van der Waals surface area (Å²) in [4.78, 5) is 27.4. The molecule has 0 fully saturated rings. The summed E-state index contributed by atoms with van der Waals surface area (Å²) < 4.78 is 6.03. The first-order chi connectivity index (χ1) is 12.2. The maximum atomic E-state index is 11.8. The fourth-order valence-corrected chi connectivity index (χ4v) is 3.31. The summed E-state index contributed by atoms with van der Waals surface area (Å²) in [5, 5.41) is 12.5. The number of carboxylic acids is 1. The lowest BCUT2D eigenvalue weighted by Gasteiger charge is -2.19. The zero-order valence-corrected chi connectivity index (χ0v) is 15.4. The molecule has 3 aromatic rings. The van der Waals surface area contributed by atoms with Crippen LogP contribution in [0.4, 0.5) is 10.5 Å². The lowest BCUT2D eigenvalue weighted by Crippen LogP contribution is -2.27. The summed E-state index contributed by atoms with van der Waals surface area (Å²) >= 11 is 1.42. The van der Waals surface area contributed by atoms with Gasteiger partial charge in [-0.25, -0.2) is 14.6 Å². The van der Waals surface area contributed by atoms with Crippen LogP contribution in [-0.4, -0.2) is 27.8 Å². The van der Waals surface area contributed by atoms with E-state index in [0.717, 1.165) is 20.8 Å². The first kappa shape index (κ1) is 17.9. The van der Waals surface area contributed by atoms with E-state index < -0.39 is 17.7 Å². The van der Waals surface area contributed by atoms with Crippen molar-refractivity contribution in [1.82, 2.24) is 4.98 Å². The van der Waals surface area contributed by atoms with Gasteiger partial charge in [0.25, 0.3) is 0 Å². The molecule has 7 heteroatoms. The molecule has 0 aliphatic heterocycles. The largest absolute Gasteiger partial charge is 0.478 e. The van der Waals surface area contributed by atoms with E-state index >= 15 is 0 Å². The zero-order chi connectivity index (χ0) is 18.9. The number of aromatic carboxylic acids is 1. The average Bonchev–Trinajstić information content (AvgIpc) is 2.96. The number of anilines is 1. The summed E-state index contributed by atoms with van der Waals surface area (Å²) in [6, 6.07) is 12.1. The molecule has 0 aliphatic carbocycles. The van der Waals surface area contributed by atoms with E-state index in [1.54, 1.807) is 51.1 Å². The normalized spacial score (nSPS) is 11.3. The van der Waals surface area contributed by atoms with E-state index in [2.05, 4.69) is 10.3 Å². The molecule has 0 atom stereocenters. The molecule has 1 amide bonds. The Hall–Kier alpha value is -2.93. The summed E-state index contributed by atoms with van der Waals surface area (Å²) in [5.41, 5.74) is 1.95. The van der Waals surface area contributed by atoms with Crippen LogP contribution in [0, 0.1) is 0 Å². The molecule has 134 valence electrons. The predicted octanol–water partition coefficient (Wildman–Crippen LogP) is 5.01. The lowest BCUT2D eigenvalue weighted by atomic mass is 10.2. The molecule has 0 saturated heterocycles. The van der Waals surface area contributed by atoms with Gasteiger partial charge in [0.1, 0.15) is 10.6 Å². The maximum absolute atomic E-state index is 11.8. The Morgan fingerprint density at radius 3 is 2.42 bits per heavy atom. The highest BCUT2D eigenvalue weighted by Gasteiger charge is 2.16. The van der Waals surface area contributed by atoms with Crippen molar-refractivity contribution >= 4 is 39.3 Å². The van der Waals surface area contributed by atoms with Gasteiger partial charge < -0.3 is 9.84 Å². The van der Waals surface area contributed by atoms with E-state index in [4.69, 9.17) is 9.84 Å². The molecule has 0 radical (unpaired) electrons. The van der Waals surface area contributed by atoms with Gasteiger partial charge in [0, 0.05) is 11.3 Å². The third-order valence-corrected chi connectivity index (χ3v) is 4.48. The van der Waals surface area contributed by atoms with E-state index in [1.807, 2.05) is 12.1 Å². The van der Waals surface area contributed by atoms with Crippen molar-refractivity contribution in [2.24, 2.45) is 0 Å². The quantitative estimate of drug-likeness (QED) is 0.677. The second-order valence-corrected chi connectivity index (χ2v) is 7.74. The molecule has 0 spiro atoms. The van der Waals surface area contributed by atoms with Crippen LogP contribution >= 0.6 is 11.3 Å². The van der Waals surface area contributed by atoms with Crippen molar-refractivity contribution in [3.63, 3.8) is 0 Å². The molecule has 26 heavy (non-hydrogen) atoms. The van der Waals surface area contributed by atoms with Gasteiger partial charge in [0.05, 0.1) is 15.8 Å². The third-order valence-electron chi connectivity index (χ3n) is 3.41. The van der Waals surface area contributed by atoms with Crippen molar-refractivity contribution < 1.29 is 19.4 Å². The Balaban J connectivity index is 1.79. The summed E-state index contributed by atoms with van der Waals surface area (Å²) in [5.74, 6) is -0.959. The van der Waals surface area contributed by atoms with E-state index in [-0.39, 0.29) is 5.56 Å². The fraction of sp³-hybridized carbons (Fsp3) is 0.211. The van der Waals surface area contributed by atoms with Crippen LogP contribution < -0.4 is 5.32 Å². The van der Waals surface area contributed by atoms with E-state index in [9.17, 15) is 9.59 Å². The van der Waals surface area contributed by atoms with Gasteiger partial charge in [0.2, 0.25) is 0 Å². The first-order valence-corrected chi connectivity index (χ1v) is 8.77. The van der Waals surface area contributed by atoms with Crippen molar-refractivity contribution in [1.29, 1.82) is 0 Å². The number of nitrogens with zero attached hydrogens (tertiary/aromatic N) is 1. The van der Waals surface area contributed by atoms with Gasteiger partial charge in [-0.05, 0) is 63.2 Å². The number of nitrogens with one attached hydrogen (secondary N) is 1. The van der Waals surface area contributed by atoms with Gasteiger partial charge in [-0.3, -0.25) is 5.32 Å². The second-order valence-electron chi connectivity index (χ2n) is 6.71. The van der Waals surface area contributed by atoms with Crippen LogP contribution in [0.1, 0.15) is 31.1 Å². The zero-order valence-electron chi connectivity index (χ0n) is 14.6. The summed E-state index contributed by atoms with van der Waals surface area (Å²) in [6.45, 7) is 5.41. The Morgan fingerprint density at radius 1 is 1.12 bits per heavy atom. The number of fused-ring (bicyclic) bond motifs is 1. The predicted molar refractivity (Wildman–Crippen MR) is 102 cm³/mol. The molecule has 0 aliphatic rings. The van der Waals surface area contributed by atoms with Crippen LogP contribution in [0.2, 0.25) is 0 Å². The SMILES string of the molecule is CC(C)(C)OC(=O)Nc1ccc(-c2nc3ccc(C(=O)O)cc3s2)cc1. The van der Waals surface area contributed by atoms with Crippen LogP contribution in [0.3, 0.4) is 0 Å². The smallest absolute Gasteiger partial charge is 0.412 e. The summed E-state index contributed by atoms with van der Waals surface area (Å²) in [6.07, 6.45) is -0.508. The molecule has 3 rings (SSSR count). The number of amides is 1. The molecule has 0 saturated carbocycles. The standard InChI is InChI=1S/C19H18N2O4S/c1-19(2,3)25-18(24)20-13-7-4-11(5-8-13)16-21-14-9-6-12(17(22)23)10-15(14)26-16/h4-10H,1-3H3,(H,20,24)(H,22,23). The van der Waals surface area contributed by atoms with Gasteiger partial charge in [-0.15, -0.1) is 11.3 Å². The van der Waals surface area contributed by atoms with Gasteiger partial charge in [-0.2, -0.15) is 0 Å². The number of carbonyl (C=O) groups excluding carboxylic acids is 1. The molecule has 1 aromatic heterocycles.